The lowest BCUT2D eigenvalue weighted by Gasteiger charge is -2.00. The summed E-state index contributed by atoms with van der Waals surface area (Å²) >= 11 is 0. The van der Waals surface area contributed by atoms with E-state index in [1.807, 2.05) is 0 Å². The predicted molar refractivity (Wildman–Crippen MR) is 47.8 cm³/mol. The number of hydrogen-bond acceptors (Lipinski definition) is 4. The number of hydrogen-bond donors (Lipinski definition) is 2. The van der Waals surface area contributed by atoms with Crippen LogP contribution in [0.4, 0.5) is 0 Å². The highest BCUT2D eigenvalue weighted by atomic mass is 16.5. The molecule has 76 valence electrons. The molecule has 5 nitrogen and oxygen atoms in total. The molecule has 1 aromatic rings. The van der Waals surface area contributed by atoms with Crippen LogP contribution in [0, 0.1) is 0 Å². The Hall–Kier alpha value is -1.36. The molecule has 0 amide bonds. The van der Waals surface area contributed by atoms with Crippen molar-refractivity contribution >= 4 is 5.97 Å². The van der Waals surface area contributed by atoms with E-state index in [9.17, 15) is 4.79 Å². The van der Waals surface area contributed by atoms with Gasteiger partial charge < -0.3 is 15.4 Å². The van der Waals surface area contributed by atoms with Gasteiger partial charge in [0, 0.05) is 18.4 Å². The minimum absolute atomic E-state index is 0.228. The maximum Gasteiger partial charge on any atom is 0.320 e. The Labute approximate surface area is 80.9 Å². The molecule has 2 rings (SSSR count). The van der Waals surface area contributed by atoms with E-state index in [4.69, 9.17) is 15.4 Å². The summed E-state index contributed by atoms with van der Waals surface area (Å²) in [5, 5.41) is 12.4. The van der Waals surface area contributed by atoms with Crippen molar-refractivity contribution in [3.8, 4) is 0 Å². The van der Waals surface area contributed by atoms with Crippen molar-refractivity contribution in [1.29, 1.82) is 0 Å². The Morgan fingerprint density at radius 2 is 2.50 bits per heavy atom. The molecule has 1 aliphatic carbocycles. The van der Waals surface area contributed by atoms with Crippen molar-refractivity contribution in [2.24, 2.45) is 5.73 Å². The fraction of sp³-hybridized carbons (Fsp3) is 0.556. The highest BCUT2D eigenvalue weighted by Crippen LogP contribution is 2.40. The van der Waals surface area contributed by atoms with Gasteiger partial charge in [0.1, 0.15) is 11.8 Å². The summed E-state index contributed by atoms with van der Waals surface area (Å²) in [6.07, 6.45) is 2.50. The lowest BCUT2D eigenvalue weighted by Crippen LogP contribution is -2.32. The largest absolute Gasteiger partial charge is 0.480 e. The van der Waals surface area contributed by atoms with Gasteiger partial charge in [0.25, 0.3) is 0 Å². The van der Waals surface area contributed by atoms with Gasteiger partial charge in [-0.25, -0.2) is 0 Å². The van der Waals surface area contributed by atoms with E-state index in [0.29, 0.717) is 11.6 Å². The fourth-order valence-electron chi connectivity index (χ4n) is 1.30. The summed E-state index contributed by atoms with van der Waals surface area (Å²) in [6, 6.07) is 0.910. The van der Waals surface area contributed by atoms with Crippen LogP contribution < -0.4 is 5.73 Å². The lowest BCUT2D eigenvalue weighted by atomic mass is 10.1. The number of carbonyl (C=O) groups is 1. The zero-order chi connectivity index (χ0) is 10.1. The number of aromatic nitrogens is 1. The quantitative estimate of drug-likeness (QED) is 0.732. The van der Waals surface area contributed by atoms with E-state index in [-0.39, 0.29) is 6.42 Å². The number of carboxylic acid groups (broad SMARTS) is 1. The molecule has 3 N–H and O–H groups in total. The minimum atomic E-state index is -1.01. The van der Waals surface area contributed by atoms with E-state index in [1.165, 1.54) is 0 Å². The second-order valence-corrected chi connectivity index (χ2v) is 3.64. The van der Waals surface area contributed by atoms with Crippen molar-refractivity contribution < 1.29 is 14.4 Å². The van der Waals surface area contributed by atoms with Crippen LogP contribution in [0.1, 0.15) is 30.2 Å². The average molecular weight is 196 g/mol. The third kappa shape index (κ3) is 1.93. The summed E-state index contributed by atoms with van der Waals surface area (Å²) in [6.45, 7) is 0. The Bertz CT molecular complexity index is 344. The second kappa shape index (κ2) is 3.42. The molecule has 1 aliphatic rings. The number of carboxylic acids is 1. The molecule has 0 bridgehead atoms. The normalized spacial score (nSPS) is 18.1. The first kappa shape index (κ1) is 9.21. The highest BCUT2D eigenvalue weighted by molar-refractivity contribution is 5.73. The van der Waals surface area contributed by atoms with Crippen LogP contribution in [0.15, 0.2) is 10.6 Å². The number of aliphatic carboxylic acids is 1. The van der Waals surface area contributed by atoms with E-state index in [0.717, 1.165) is 18.6 Å². The average Bonchev–Trinajstić information content (AvgIpc) is 2.88. The molecule has 0 unspecified atom stereocenters. The molecule has 0 saturated heterocycles. The first-order valence-electron chi connectivity index (χ1n) is 4.60. The van der Waals surface area contributed by atoms with Crippen molar-refractivity contribution in [1.82, 2.24) is 5.16 Å². The Kier molecular flexibility index (Phi) is 2.25. The van der Waals surface area contributed by atoms with E-state index in [2.05, 4.69) is 5.16 Å². The minimum Gasteiger partial charge on any atom is -0.480 e. The van der Waals surface area contributed by atoms with Gasteiger partial charge in [-0.05, 0) is 12.8 Å². The molecule has 1 heterocycles. The van der Waals surface area contributed by atoms with Crippen LogP contribution in [0.2, 0.25) is 0 Å². The van der Waals surface area contributed by atoms with Gasteiger partial charge in [0.15, 0.2) is 0 Å². The first-order valence-corrected chi connectivity index (χ1v) is 4.60. The molecule has 0 radical (unpaired) electrons. The van der Waals surface area contributed by atoms with Crippen LogP contribution in [-0.2, 0) is 11.2 Å². The van der Waals surface area contributed by atoms with Gasteiger partial charge in [0.05, 0.1) is 5.69 Å². The molecule has 0 aromatic carbocycles. The van der Waals surface area contributed by atoms with Crippen LogP contribution in [0.5, 0.6) is 0 Å². The van der Waals surface area contributed by atoms with Gasteiger partial charge in [-0.3, -0.25) is 4.79 Å². The van der Waals surface area contributed by atoms with Crippen molar-refractivity contribution in [2.45, 2.75) is 31.2 Å². The molecule has 0 aliphatic heterocycles. The Morgan fingerprint density at radius 1 is 1.79 bits per heavy atom. The van der Waals surface area contributed by atoms with Crippen LogP contribution in [-0.4, -0.2) is 22.3 Å². The summed E-state index contributed by atoms with van der Waals surface area (Å²) in [4.78, 5) is 10.5. The molecule has 1 fully saturated rings. The molecule has 14 heavy (non-hydrogen) atoms. The monoisotopic (exact) mass is 196 g/mol. The number of nitrogens with zero attached hydrogens (tertiary/aromatic N) is 1. The maximum atomic E-state index is 10.5. The standard InChI is InChI=1S/C9H12N2O3/c10-7(9(12)13)3-6-4-8(14-11-6)5-1-2-5/h4-5,7H,1-3,10H2,(H,12,13)/t7-/m1/s1. The van der Waals surface area contributed by atoms with Crippen molar-refractivity contribution in [2.75, 3.05) is 0 Å². The smallest absolute Gasteiger partial charge is 0.320 e. The fourth-order valence-corrected chi connectivity index (χ4v) is 1.30. The first-order chi connectivity index (χ1) is 6.66. The topological polar surface area (TPSA) is 89.4 Å². The Balaban J connectivity index is 1.98. The van der Waals surface area contributed by atoms with Crippen molar-refractivity contribution in [3.63, 3.8) is 0 Å². The predicted octanol–water partition coefficient (Wildman–Crippen LogP) is 0.506. The molecule has 5 heteroatoms. The molecule has 1 atom stereocenters. The van der Waals surface area contributed by atoms with Gasteiger partial charge in [-0.2, -0.15) is 0 Å². The number of nitrogens with two attached hydrogens (primary N) is 1. The van der Waals surface area contributed by atoms with Gasteiger partial charge >= 0.3 is 5.97 Å². The third-order valence-corrected chi connectivity index (χ3v) is 2.30. The maximum absolute atomic E-state index is 10.5. The summed E-state index contributed by atoms with van der Waals surface area (Å²) in [7, 11) is 0. The van der Waals surface area contributed by atoms with Gasteiger partial charge in [-0.15, -0.1) is 0 Å². The van der Waals surface area contributed by atoms with Crippen molar-refractivity contribution in [3.05, 3.63) is 17.5 Å². The SMILES string of the molecule is N[C@H](Cc1cc(C2CC2)on1)C(=O)O. The zero-order valence-electron chi connectivity index (χ0n) is 7.64. The summed E-state index contributed by atoms with van der Waals surface area (Å²) in [5.41, 5.74) is 5.99. The summed E-state index contributed by atoms with van der Waals surface area (Å²) in [5.74, 6) is 0.343. The molecule has 0 spiro atoms. The Morgan fingerprint density at radius 3 is 3.07 bits per heavy atom. The zero-order valence-corrected chi connectivity index (χ0v) is 7.64. The van der Waals surface area contributed by atoms with E-state index >= 15 is 0 Å². The van der Waals surface area contributed by atoms with Gasteiger partial charge in [0.2, 0.25) is 0 Å². The van der Waals surface area contributed by atoms with Gasteiger partial charge in [-0.1, -0.05) is 5.16 Å². The van der Waals surface area contributed by atoms with E-state index in [1.54, 1.807) is 6.07 Å². The molecule has 1 saturated carbocycles. The molecular weight excluding hydrogens is 184 g/mol. The second-order valence-electron chi connectivity index (χ2n) is 3.64. The lowest BCUT2D eigenvalue weighted by molar-refractivity contribution is -0.138. The molecular formula is C9H12N2O3. The van der Waals surface area contributed by atoms with E-state index < -0.39 is 12.0 Å². The molecule has 1 aromatic heterocycles. The number of rotatable bonds is 4. The third-order valence-electron chi connectivity index (χ3n) is 2.30. The highest BCUT2D eigenvalue weighted by Gasteiger charge is 2.28. The van der Waals surface area contributed by atoms with Crippen LogP contribution >= 0.6 is 0 Å². The summed E-state index contributed by atoms with van der Waals surface area (Å²) < 4.78 is 5.07. The van der Waals surface area contributed by atoms with Crippen LogP contribution in [0.25, 0.3) is 0 Å². The van der Waals surface area contributed by atoms with Crippen LogP contribution in [0.3, 0.4) is 0 Å².